The molecule has 1 aliphatic carbocycles. The lowest BCUT2D eigenvalue weighted by atomic mass is 10.1. The molecule has 0 bridgehead atoms. The van der Waals surface area contributed by atoms with Crippen LogP contribution >= 0.6 is 0 Å². The van der Waals surface area contributed by atoms with Crippen LogP contribution in [0.1, 0.15) is 12.8 Å². The van der Waals surface area contributed by atoms with Crippen molar-refractivity contribution in [2.24, 2.45) is 5.92 Å². The number of rotatable bonds is 4. The number of carbonyl (C=O) groups excluding carboxylic acids is 1. The van der Waals surface area contributed by atoms with E-state index in [1.54, 1.807) is 0 Å². The second-order valence-corrected chi connectivity index (χ2v) is 4.23. The van der Waals surface area contributed by atoms with E-state index < -0.39 is 0 Å². The maximum Gasteiger partial charge on any atom is 0.312 e. The van der Waals surface area contributed by atoms with Crippen molar-refractivity contribution in [2.75, 3.05) is 39.5 Å². The van der Waals surface area contributed by atoms with Crippen LogP contribution in [0.3, 0.4) is 0 Å². The number of hydrogen-bond donors (Lipinski definition) is 0. The molecule has 0 saturated carbocycles. The molecule has 4 heteroatoms. The van der Waals surface area contributed by atoms with E-state index in [1.807, 2.05) is 12.2 Å². The van der Waals surface area contributed by atoms with Crippen molar-refractivity contribution >= 4 is 5.97 Å². The smallest absolute Gasteiger partial charge is 0.312 e. The van der Waals surface area contributed by atoms with Crippen LogP contribution in [0.4, 0.5) is 0 Å². The van der Waals surface area contributed by atoms with Gasteiger partial charge in [0.2, 0.25) is 0 Å². The predicted octanol–water partition coefficient (Wildman–Crippen LogP) is 0.828. The Kier molecular flexibility index (Phi) is 4.36. The first kappa shape index (κ1) is 11.6. The van der Waals surface area contributed by atoms with Gasteiger partial charge >= 0.3 is 5.97 Å². The van der Waals surface area contributed by atoms with Crippen molar-refractivity contribution in [3.05, 3.63) is 12.2 Å². The Morgan fingerprint density at radius 3 is 2.94 bits per heavy atom. The molecule has 1 unspecified atom stereocenters. The lowest BCUT2D eigenvalue weighted by Gasteiger charge is -2.26. The van der Waals surface area contributed by atoms with Gasteiger partial charge in [-0.15, -0.1) is 0 Å². The van der Waals surface area contributed by atoms with Crippen molar-refractivity contribution in [3.63, 3.8) is 0 Å². The number of esters is 1. The zero-order valence-electron chi connectivity index (χ0n) is 9.56. The lowest BCUT2D eigenvalue weighted by molar-refractivity contribution is -0.147. The summed E-state index contributed by atoms with van der Waals surface area (Å²) < 4.78 is 10.5. The van der Waals surface area contributed by atoms with Gasteiger partial charge < -0.3 is 9.47 Å². The van der Waals surface area contributed by atoms with E-state index in [4.69, 9.17) is 9.47 Å². The Labute approximate surface area is 96.2 Å². The zero-order chi connectivity index (χ0) is 11.2. The van der Waals surface area contributed by atoms with Crippen molar-refractivity contribution in [1.82, 2.24) is 4.90 Å². The number of allylic oxidation sites excluding steroid dienone is 1. The highest BCUT2D eigenvalue weighted by atomic mass is 16.5. The van der Waals surface area contributed by atoms with Crippen LogP contribution in [-0.2, 0) is 14.3 Å². The van der Waals surface area contributed by atoms with Crippen LogP contribution in [0.2, 0.25) is 0 Å². The minimum atomic E-state index is -0.0676. The molecule has 1 saturated heterocycles. The molecule has 0 aromatic heterocycles. The van der Waals surface area contributed by atoms with Crippen molar-refractivity contribution in [3.8, 4) is 0 Å². The SMILES string of the molecule is O=C(OCCN1CCOCC1)C1C=CCC1. The standard InChI is InChI=1S/C12H19NO3/c14-12(11-3-1-2-4-11)16-10-7-13-5-8-15-9-6-13/h1,3,11H,2,4-10H2. The molecule has 1 aliphatic heterocycles. The fraction of sp³-hybridized carbons (Fsp3) is 0.750. The topological polar surface area (TPSA) is 38.8 Å². The third kappa shape index (κ3) is 3.32. The highest BCUT2D eigenvalue weighted by Gasteiger charge is 2.19. The Bertz CT molecular complexity index is 259. The summed E-state index contributed by atoms with van der Waals surface area (Å²) in [5, 5.41) is 0. The van der Waals surface area contributed by atoms with E-state index in [-0.39, 0.29) is 11.9 Å². The largest absolute Gasteiger partial charge is 0.464 e. The molecule has 1 heterocycles. The average Bonchev–Trinajstić information content (AvgIpc) is 2.84. The summed E-state index contributed by atoms with van der Waals surface area (Å²) in [6.07, 6.45) is 5.92. The molecule has 0 N–H and O–H groups in total. The summed E-state index contributed by atoms with van der Waals surface area (Å²) in [6, 6.07) is 0. The van der Waals surface area contributed by atoms with Gasteiger partial charge in [0.15, 0.2) is 0 Å². The molecule has 2 rings (SSSR count). The predicted molar refractivity (Wildman–Crippen MR) is 60.1 cm³/mol. The van der Waals surface area contributed by atoms with Crippen LogP contribution in [-0.4, -0.2) is 50.3 Å². The second kappa shape index (κ2) is 6.01. The first-order valence-corrected chi connectivity index (χ1v) is 5.99. The molecule has 0 aromatic rings. The van der Waals surface area contributed by atoms with Crippen LogP contribution in [0.15, 0.2) is 12.2 Å². The summed E-state index contributed by atoms with van der Waals surface area (Å²) in [4.78, 5) is 13.8. The highest BCUT2D eigenvalue weighted by molar-refractivity contribution is 5.74. The molecule has 0 spiro atoms. The molecule has 0 amide bonds. The molecule has 0 aromatic carbocycles. The first-order valence-electron chi connectivity index (χ1n) is 5.99. The Morgan fingerprint density at radius 2 is 2.25 bits per heavy atom. The van der Waals surface area contributed by atoms with Crippen LogP contribution in [0, 0.1) is 5.92 Å². The van der Waals surface area contributed by atoms with Gasteiger partial charge in [-0.1, -0.05) is 12.2 Å². The first-order chi connectivity index (χ1) is 7.86. The lowest BCUT2D eigenvalue weighted by Crippen LogP contribution is -2.38. The van der Waals surface area contributed by atoms with Gasteiger partial charge in [-0.2, -0.15) is 0 Å². The number of nitrogens with zero attached hydrogens (tertiary/aromatic N) is 1. The molecule has 16 heavy (non-hydrogen) atoms. The Morgan fingerprint density at radius 1 is 1.44 bits per heavy atom. The van der Waals surface area contributed by atoms with E-state index in [0.29, 0.717) is 6.61 Å². The maximum atomic E-state index is 11.6. The maximum absolute atomic E-state index is 11.6. The van der Waals surface area contributed by atoms with E-state index in [0.717, 1.165) is 45.7 Å². The Balaban J connectivity index is 1.59. The minimum Gasteiger partial charge on any atom is -0.464 e. The molecular formula is C12H19NO3. The molecular weight excluding hydrogens is 206 g/mol. The molecule has 4 nitrogen and oxygen atoms in total. The number of morpholine rings is 1. The van der Waals surface area contributed by atoms with Gasteiger partial charge in [-0.3, -0.25) is 9.69 Å². The average molecular weight is 225 g/mol. The molecule has 0 radical (unpaired) electrons. The van der Waals surface area contributed by atoms with Crippen LogP contribution in [0.5, 0.6) is 0 Å². The molecule has 2 aliphatic rings. The number of hydrogen-bond acceptors (Lipinski definition) is 4. The molecule has 1 fully saturated rings. The van der Waals surface area contributed by atoms with Crippen molar-refractivity contribution in [1.29, 1.82) is 0 Å². The normalized spacial score (nSPS) is 25.9. The van der Waals surface area contributed by atoms with E-state index >= 15 is 0 Å². The third-order valence-electron chi connectivity index (χ3n) is 3.07. The monoisotopic (exact) mass is 225 g/mol. The van der Waals surface area contributed by atoms with Gasteiger partial charge in [0.25, 0.3) is 0 Å². The fourth-order valence-electron chi connectivity index (χ4n) is 2.04. The fourth-order valence-corrected chi connectivity index (χ4v) is 2.04. The quantitative estimate of drug-likeness (QED) is 0.524. The van der Waals surface area contributed by atoms with Crippen LogP contribution in [0.25, 0.3) is 0 Å². The van der Waals surface area contributed by atoms with Gasteiger partial charge in [0.05, 0.1) is 19.1 Å². The molecule has 90 valence electrons. The van der Waals surface area contributed by atoms with E-state index in [1.165, 1.54) is 0 Å². The highest BCUT2D eigenvalue weighted by Crippen LogP contribution is 2.18. The summed E-state index contributed by atoms with van der Waals surface area (Å²) in [5.74, 6) is -0.0632. The summed E-state index contributed by atoms with van der Waals surface area (Å²) in [6.45, 7) is 4.80. The van der Waals surface area contributed by atoms with Gasteiger partial charge in [0.1, 0.15) is 6.61 Å². The zero-order valence-corrected chi connectivity index (χ0v) is 9.56. The van der Waals surface area contributed by atoms with Crippen molar-refractivity contribution < 1.29 is 14.3 Å². The Hall–Kier alpha value is -0.870. The number of ether oxygens (including phenoxy) is 2. The van der Waals surface area contributed by atoms with E-state index in [2.05, 4.69) is 4.90 Å². The van der Waals surface area contributed by atoms with E-state index in [9.17, 15) is 4.79 Å². The molecule has 1 atom stereocenters. The summed E-state index contributed by atoms with van der Waals surface area (Å²) in [7, 11) is 0. The third-order valence-corrected chi connectivity index (χ3v) is 3.07. The van der Waals surface area contributed by atoms with Crippen molar-refractivity contribution in [2.45, 2.75) is 12.8 Å². The van der Waals surface area contributed by atoms with Gasteiger partial charge in [0, 0.05) is 19.6 Å². The van der Waals surface area contributed by atoms with Crippen LogP contribution < -0.4 is 0 Å². The minimum absolute atomic E-state index is 0.00434. The second-order valence-electron chi connectivity index (χ2n) is 4.23. The summed E-state index contributed by atoms with van der Waals surface area (Å²) >= 11 is 0. The number of carbonyl (C=O) groups is 1. The van der Waals surface area contributed by atoms with Gasteiger partial charge in [-0.05, 0) is 12.8 Å². The summed E-state index contributed by atoms with van der Waals surface area (Å²) in [5.41, 5.74) is 0. The van der Waals surface area contributed by atoms with Gasteiger partial charge in [-0.25, -0.2) is 0 Å².